The van der Waals surface area contributed by atoms with Gasteiger partial charge in [0.25, 0.3) is 5.91 Å². The van der Waals surface area contributed by atoms with Gasteiger partial charge in [-0.05, 0) is 43.5 Å². The predicted molar refractivity (Wildman–Crippen MR) is 88.1 cm³/mol. The Hall–Kier alpha value is -2.14. The van der Waals surface area contributed by atoms with Crippen LogP contribution in [-0.4, -0.2) is 40.6 Å². The summed E-state index contributed by atoms with van der Waals surface area (Å²) in [4.78, 5) is 19.2. The molecule has 0 N–H and O–H groups in total. The van der Waals surface area contributed by atoms with Gasteiger partial charge in [-0.25, -0.2) is 4.98 Å². The summed E-state index contributed by atoms with van der Waals surface area (Å²) in [5.74, 6) is 0.392. The third-order valence-electron chi connectivity index (χ3n) is 4.33. The molecule has 23 heavy (non-hydrogen) atoms. The van der Waals surface area contributed by atoms with Gasteiger partial charge < -0.3 is 14.2 Å². The highest BCUT2D eigenvalue weighted by Gasteiger charge is 2.26. The van der Waals surface area contributed by atoms with Crippen molar-refractivity contribution in [3.05, 3.63) is 53.6 Å². The molecule has 0 fully saturated rings. The lowest BCUT2D eigenvalue weighted by atomic mass is 10.1. The lowest BCUT2D eigenvalue weighted by Crippen LogP contribution is -2.34. The van der Waals surface area contributed by atoms with Gasteiger partial charge >= 0.3 is 0 Å². The van der Waals surface area contributed by atoms with Gasteiger partial charge in [0.15, 0.2) is 0 Å². The number of hydrogen-bond acceptors (Lipinski definition) is 3. The molecule has 0 spiro atoms. The van der Waals surface area contributed by atoms with E-state index in [0.717, 1.165) is 25.2 Å². The van der Waals surface area contributed by atoms with Gasteiger partial charge in [0.2, 0.25) is 0 Å². The Balaban J connectivity index is 1.83. The zero-order valence-corrected chi connectivity index (χ0v) is 13.7. The zero-order chi connectivity index (χ0) is 16.2. The monoisotopic (exact) mass is 313 g/mol. The summed E-state index contributed by atoms with van der Waals surface area (Å²) in [5, 5.41) is 0. The van der Waals surface area contributed by atoms with E-state index in [2.05, 4.69) is 21.8 Å². The standard InChI is InChI=1S/C18H23N3O2/c1-14-5-3-7-17(19-14)18(22)21-12-15(8-10-23-2)11-20-9-4-6-16(20)13-21/h3-7,9,15H,8,10-13H2,1-2H3/t15-/m1/s1. The zero-order valence-electron chi connectivity index (χ0n) is 13.7. The van der Waals surface area contributed by atoms with Crippen LogP contribution in [0.3, 0.4) is 0 Å². The minimum Gasteiger partial charge on any atom is -0.385 e. The number of pyridine rings is 1. The molecule has 3 rings (SSSR count). The Morgan fingerprint density at radius 2 is 2.17 bits per heavy atom. The Morgan fingerprint density at radius 1 is 1.30 bits per heavy atom. The molecule has 5 heteroatoms. The Kier molecular flexibility index (Phi) is 4.76. The molecular weight excluding hydrogens is 290 g/mol. The van der Waals surface area contributed by atoms with Crippen molar-refractivity contribution in [2.24, 2.45) is 5.92 Å². The molecule has 3 heterocycles. The van der Waals surface area contributed by atoms with E-state index in [9.17, 15) is 4.79 Å². The molecule has 1 aliphatic rings. The molecule has 0 aromatic carbocycles. The van der Waals surface area contributed by atoms with E-state index in [1.807, 2.05) is 30.0 Å². The van der Waals surface area contributed by atoms with Crippen LogP contribution in [0, 0.1) is 12.8 Å². The number of carbonyl (C=O) groups excluding carboxylic acids is 1. The van der Waals surface area contributed by atoms with Crippen LogP contribution in [0.15, 0.2) is 36.5 Å². The molecule has 0 unspecified atom stereocenters. The van der Waals surface area contributed by atoms with Crippen LogP contribution in [0.5, 0.6) is 0 Å². The average Bonchev–Trinajstić information content (AvgIpc) is 2.90. The summed E-state index contributed by atoms with van der Waals surface area (Å²) in [6.45, 7) is 4.92. The maximum atomic E-state index is 12.9. The van der Waals surface area contributed by atoms with Crippen LogP contribution in [0.25, 0.3) is 0 Å². The number of methoxy groups -OCH3 is 1. The molecule has 2 aromatic heterocycles. The van der Waals surface area contributed by atoms with Crippen LogP contribution in [-0.2, 0) is 17.8 Å². The largest absolute Gasteiger partial charge is 0.385 e. The highest BCUT2D eigenvalue weighted by Crippen LogP contribution is 2.21. The van der Waals surface area contributed by atoms with Crippen LogP contribution in [0.2, 0.25) is 0 Å². The van der Waals surface area contributed by atoms with Gasteiger partial charge in [-0.2, -0.15) is 0 Å². The average molecular weight is 313 g/mol. The van der Waals surface area contributed by atoms with Crippen molar-refractivity contribution in [2.45, 2.75) is 26.4 Å². The second-order valence-electron chi connectivity index (χ2n) is 6.15. The number of nitrogens with zero attached hydrogens (tertiary/aromatic N) is 3. The van der Waals surface area contributed by atoms with E-state index in [1.54, 1.807) is 13.2 Å². The molecular formula is C18H23N3O2. The third-order valence-corrected chi connectivity index (χ3v) is 4.33. The Morgan fingerprint density at radius 3 is 2.96 bits per heavy atom. The predicted octanol–water partition coefficient (Wildman–Crippen LogP) is 2.50. The van der Waals surface area contributed by atoms with E-state index >= 15 is 0 Å². The molecule has 0 saturated heterocycles. The number of aromatic nitrogens is 2. The number of hydrogen-bond donors (Lipinski definition) is 0. The second kappa shape index (κ2) is 6.96. The summed E-state index contributed by atoms with van der Waals surface area (Å²) < 4.78 is 7.47. The molecule has 1 atom stereocenters. The van der Waals surface area contributed by atoms with Crippen molar-refractivity contribution in [2.75, 3.05) is 20.3 Å². The molecule has 5 nitrogen and oxygen atoms in total. The van der Waals surface area contributed by atoms with Gasteiger partial charge in [0.05, 0.1) is 6.54 Å². The first-order valence-corrected chi connectivity index (χ1v) is 8.03. The minimum atomic E-state index is 0.00534. The summed E-state index contributed by atoms with van der Waals surface area (Å²) in [5.41, 5.74) is 2.56. The molecule has 0 saturated carbocycles. The maximum absolute atomic E-state index is 12.9. The molecule has 2 aromatic rings. The van der Waals surface area contributed by atoms with E-state index in [0.29, 0.717) is 24.8 Å². The van der Waals surface area contributed by atoms with Crippen molar-refractivity contribution in [1.29, 1.82) is 0 Å². The van der Waals surface area contributed by atoms with Crippen LogP contribution in [0.4, 0.5) is 0 Å². The molecule has 122 valence electrons. The summed E-state index contributed by atoms with van der Waals surface area (Å²) >= 11 is 0. The smallest absolute Gasteiger partial charge is 0.272 e. The number of fused-ring (bicyclic) bond motifs is 1. The Labute approximate surface area is 136 Å². The van der Waals surface area contributed by atoms with Crippen molar-refractivity contribution < 1.29 is 9.53 Å². The number of rotatable bonds is 4. The van der Waals surface area contributed by atoms with Crippen molar-refractivity contribution >= 4 is 5.91 Å². The number of amides is 1. The first kappa shape index (κ1) is 15.7. The molecule has 0 aliphatic carbocycles. The fourth-order valence-corrected chi connectivity index (χ4v) is 3.12. The van der Waals surface area contributed by atoms with E-state index < -0.39 is 0 Å². The topological polar surface area (TPSA) is 47.4 Å². The summed E-state index contributed by atoms with van der Waals surface area (Å²) in [6.07, 6.45) is 3.03. The van der Waals surface area contributed by atoms with E-state index in [4.69, 9.17) is 4.74 Å². The normalized spacial score (nSPS) is 17.7. The highest BCUT2D eigenvalue weighted by atomic mass is 16.5. The number of carbonyl (C=O) groups is 1. The summed E-state index contributed by atoms with van der Waals surface area (Å²) in [6, 6.07) is 9.72. The molecule has 0 bridgehead atoms. The van der Waals surface area contributed by atoms with Gasteiger partial charge in [-0.15, -0.1) is 0 Å². The first-order chi connectivity index (χ1) is 11.2. The maximum Gasteiger partial charge on any atom is 0.272 e. The quantitative estimate of drug-likeness (QED) is 0.871. The third kappa shape index (κ3) is 3.62. The van der Waals surface area contributed by atoms with Crippen molar-refractivity contribution in [1.82, 2.24) is 14.5 Å². The Bertz CT molecular complexity index is 680. The lowest BCUT2D eigenvalue weighted by molar-refractivity contribution is 0.0699. The van der Waals surface area contributed by atoms with Gasteiger partial charge in [-0.1, -0.05) is 6.07 Å². The molecule has 1 amide bonds. The highest BCUT2D eigenvalue weighted by molar-refractivity contribution is 5.92. The first-order valence-electron chi connectivity index (χ1n) is 8.03. The second-order valence-corrected chi connectivity index (χ2v) is 6.15. The number of aryl methyl sites for hydroxylation is 1. The van der Waals surface area contributed by atoms with Crippen molar-refractivity contribution in [3.63, 3.8) is 0 Å². The molecule has 1 aliphatic heterocycles. The van der Waals surface area contributed by atoms with Crippen LogP contribution < -0.4 is 0 Å². The van der Waals surface area contributed by atoms with Gasteiger partial charge in [0, 0.05) is 44.4 Å². The SMILES string of the molecule is COCC[C@H]1CN(C(=O)c2cccc(C)n2)Cc2cccn2C1. The van der Waals surface area contributed by atoms with Gasteiger partial charge in [0.1, 0.15) is 5.69 Å². The van der Waals surface area contributed by atoms with E-state index in [1.165, 1.54) is 5.69 Å². The summed E-state index contributed by atoms with van der Waals surface area (Å²) in [7, 11) is 1.72. The van der Waals surface area contributed by atoms with Gasteiger partial charge in [-0.3, -0.25) is 4.79 Å². The van der Waals surface area contributed by atoms with Crippen LogP contribution >= 0.6 is 0 Å². The van der Waals surface area contributed by atoms with Crippen molar-refractivity contribution in [3.8, 4) is 0 Å². The lowest BCUT2D eigenvalue weighted by Gasteiger charge is -2.24. The fourth-order valence-electron chi connectivity index (χ4n) is 3.12. The molecule has 0 radical (unpaired) electrons. The fraction of sp³-hybridized carbons (Fsp3) is 0.444. The number of ether oxygens (including phenoxy) is 1. The minimum absolute atomic E-state index is 0.00534. The van der Waals surface area contributed by atoms with Crippen LogP contribution in [0.1, 0.15) is 28.3 Å². The van der Waals surface area contributed by atoms with E-state index in [-0.39, 0.29) is 5.91 Å².